The summed E-state index contributed by atoms with van der Waals surface area (Å²) in [5, 5.41) is 0. The van der Waals surface area contributed by atoms with Crippen LogP contribution in [0, 0.1) is 0 Å². The molecular formula is C20H18N2O. The molecule has 0 amide bonds. The van der Waals surface area contributed by atoms with Gasteiger partial charge in [-0.1, -0.05) is 36.4 Å². The molecular weight excluding hydrogens is 284 g/mol. The van der Waals surface area contributed by atoms with Crippen molar-refractivity contribution in [2.75, 3.05) is 11.5 Å². The first-order valence-corrected chi connectivity index (χ1v) is 7.45. The van der Waals surface area contributed by atoms with E-state index in [4.69, 9.17) is 11.5 Å². The van der Waals surface area contributed by atoms with Crippen LogP contribution in [0.5, 0.6) is 0 Å². The van der Waals surface area contributed by atoms with E-state index in [0.717, 1.165) is 17.7 Å². The summed E-state index contributed by atoms with van der Waals surface area (Å²) < 4.78 is 0. The van der Waals surface area contributed by atoms with Gasteiger partial charge in [-0.2, -0.15) is 0 Å². The molecule has 0 aromatic heterocycles. The number of benzene rings is 3. The van der Waals surface area contributed by atoms with Crippen LogP contribution < -0.4 is 11.5 Å². The molecule has 0 spiro atoms. The van der Waals surface area contributed by atoms with Crippen molar-refractivity contribution < 1.29 is 4.79 Å². The van der Waals surface area contributed by atoms with Crippen LogP contribution in [0.3, 0.4) is 0 Å². The normalized spacial score (nSPS) is 10.4. The lowest BCUT2D eigenvalue weighted by atomic mass is 9.99. The lowest BCUT2D eigenvalue weighted by Crippen LogP contribution is -2.01. The van der Waals surface area contributed by atoms with E-state index in [1.807, 2.05) is 48.5 Å². The molecule has 0 bridgehead atoms. The van der Waals surface area contributed by atoms with Crippen molar-refractivity contribution in [3.8, 4) is 0 Å². The highest BCUT2D eigenvalue weighted by Crippen LogP contribution is 2.16. The molecule has 0 radical (unpaired) electrons. The van der Waals surface area contributed by atoms with Gasteiger partial charge in [-0.25, -0.2) is 0 Å². The molecule has 3 nitrogen and oxygen atoms in total. The number of anilines is 2. The van der Waals surface area contributed by atoms with Gasteiger partial charge in [0.1, 0.15) is 0 Å². The van der Waals surface area contributed by atoms with Crippen LogP contribution in [0.4, 0.5) is 11.4 Å². The van der Waals surface area contributed by atoms with E-state index in [-0.39, 0.29) is 5.78 Å². The fourth-order valence-electron chi connectivity index (χ4n) is 2.45. The van der Waals surface area contributed by atoms with Gasteiger partial charge in [-0.15, -0.1) is 0 Å². The zero-order valence-corrected chi connectivity index (χ0v) is 12.7. The predicted molar refractivity (Wildman–Crippen MR) is 94.4 cm³/mol. The van der Waals surface area contributed by atoms with Crippen molar-refractivity contribution in [1.82, 2.24) is 0 Å². The van der Waals surface area contributed by atoms with E-state index >= 15 is 0 Å². The Kier molecular flexibility index (Phi) is 4.11. The number of nitrogens with two attached hydrogens (primary N) is 2. The molecule has 0 heterocycles. The van der Waals surface area contributed by atoms with Crippen molar-refractivity contribution in [2.24, 2.45) is 0 Å². The molecule has 0 aliphatic heterocycles. The molecule has 0 aliphatic carbocycles. The second-order valence-electron chi connectivity index (χ2n) is 5.57. The van der Waals surface area contributed by atoms with Crippen LogP contribution in [-0.2, 0) is 6.42 Å². The summed E-state index contributed by atoms with van der Waals surface area (Å²) in [5.41, 5.74) is 16.4. The summed E-state index contributed by atoms with van der Waals surface area (Å²) in [5.74, 6) is 0.00374. The molecule has 3 heteroatoms. The first-order valence-electron chi connectivity index (χ1n) is 7.45. The van der Waals surface area contributed by atoms with E-state index in [2.05, 4.69) is 0 Å². The first-order chi connectivity index (χ1) is 11.1. The van der Waals surface area contributed by atoms with Gasteiger partial charge in [0, 0.05) is 22.5 Å². The van der Waals surface area contributed by atoms with Gasteiger partial charge in [0.2, 0.25) is 0 Å². The second-order valence-corrected chi connectivity index (χ2v) is 5.57. The molecule has 3 aromatic carbocycles. The monoisotopic (exact) mass is 302 g/mol. The zero-order valence-electron chi connectivity index (χ0n) is 12.7. The van der Waals surface area contributed by atoms with E-state index < -0.39 is 0 Å². The molecule has 0 atom stereocenters. The SMILES string of the molecule is Nc1ccc(Cc2ccc(C(=O)c3ccc(N)cc3)cc2)cc1. The Bertz CT molecular complexity index is 804. The third kappa shape index (κ3) is 3.58. The van der Waals surface area contributed by atoms with Crippen molar-refractivity contribution >= 4 is 17.2 Å². The number of rotatable bonds is 4. The fraction of sp³-hybridized carbons (Fsp3) is 0.0500. The average molecular weight is 302 g/mol. The first kappa shape index (κ1) is 14.9. The Hall–Kier alpha value is -3.07. The van der Waals surface area contributed by atoms with Crippen molar-refractivity contribution in [2.45, 2.75) is 6.42 Å². The van der Waals surface area contributed by atoms with Crippen LogP contribution in [0.1, 0.15) is 27.0 Å². The van der Waals surface area contributed by atoms with Gasteiger partial charge in [-0.3, -0.25) is 4.79 Å². The summed E-state index contributed by atoms with van der Waals surface area (Å²) in [4.78, 5) is 12.4. The molecule has 3 rings (SSSR count). The second kappa shape index (κ2) is 6.36. The molecule has 114 valence electrons. The molecule has 0 saturated heterocycles. The zero-order chi connectivity index (χ0) is 16.2. The van der Waals surface area contributed by atoms with Gasteiger partial charge in [0.25, 0.3) is 0 Å². The summed E-state index contributed by atoms with van der Waals surface area (Å²) >= 11 is 0. The summed E-state index contributed by atoms with van der Waals surface area (Å²) in [6, 6.07) is 22.5. The van der Waals surface area contributed by atoms with Crippen molar-refractivity contribution in [1.29, 1.82) is 0 Å². The Morgan fingerprint density at radius 3 is 1.43 bits per heavy atom. The molecule has 3 aromatic rings. The summed E-state index contributed by atoms with van der Waals surface area (Å²) in [6.45, 7) is 0. The number of nitrogen functional groups attached to an aromatic ring is 2. The van der Waals surface area contributed by atoms with E-state index in [0.29, 0.717) is 16.8 Å². The summed E-state index contributed by atoms with van der Waals surface area (Å²) in [6.07, 6.45) is 0.816. The van der Waals surface area contributed by atoms with Gasteiger partial charge < -0.3 is 11.5 Å². The molecule has 23 heavy (non-hydrogen) atoms. The topological polar surface area (TPSA) is 69.1 Å². The molecule has 0 aliphatic rings. The number of hydrogen-bond acceptors (Lipinski definition) is 3. The summed E-state index contributed by atoms with van der Waals surface area (Å²) in [7, 11) is 0. The van der Waals surface area contributed by atoms with Gasteiger partial charge in [0.05, 0.1) is 0 Å². The van der Waals surface area contributed by atoms with Crippen LogP contribution in [-0.4, -0.2) is 5.78 Å². The lowest BCUT2D eigenvalue weighted by Gasteiger charge is -2.05. The van der Waals surface area contributed by atoms with Gasteiger partial charge in [-0.05, 0) is 53.9 Å². The number of carbonyl (C=O) groups is 1. The van der Waals surface area contributed by atoms with Crippen LogP contribution in [0.2, 0.25) is 0 Å². The van der Waals surface area contributed by atoms with Crippen LogP contribution >= 0.6 is 0 Å². The van der Waals surface area contributed by atoms with Gasteiger partial charge in [0.15, 0.2) is 5.78 Å². The van der Waals surface area contributed by atoms with E-state index in [1.165, 1.54) is 5.56 Å². The third-order valence-corrected chi connectivity index (χ3v) is 3.78. The highest BCUT2D eigenvalue weighted by molar-refractivity contribution is 6.09. The minimum absolute atomic E-state index is 0.00374. The Morgan fingerprint density at radius 2 is 0.957 bits per heavy atom. The maximum absolute atomic E-state index is 12.4. The minimum atomic E-state index is 0.00374. The highest BCUT2D eigenvalue weighted by atomic mass is 16.1. The van der Waals surface area contributed by atoms with E-state index in [9.17, 15) is 4.79 Å². The molecule has 0 unspecified atom stereocenters. The number of ketones is 1. The quantitative estimate of drug-likeness (QED) is 0.570. The molecule has 0 saturated carbocycles. The molecule has 4 N–H and O–H groups in total. The average Bonchev–Trinajstić information content (AvgIpc) is 2.58. The highest BCUT2D eigenvalue weighted by Gasteiger charge is 2.08. The maximum atomic E-state index is 12.4. The minimum Gasteiger partial charge on any atom is -0.399 e. The third-order valence-electron chi connectivity index (χ3n) is 3.78. The largest absolute Gasteiger partial charge is 0.399 e. The number of carbonyl (C=O) groups excluding carboxylic acids is 1. The van der Waals surface area contributed by atoms with Gasteiger partial charge >= 0.3 is 0 Å². The van der Waals surface area contributed by atoms with E-state index in [1.54, 1.807) is 24.3 Å². The lowest BCUT2D eigenvalue weighted by molar-refractivity contribution is 0.103. The smallest absolute Gasteiger partial charge is 0.193 e. The number of hydrogen-bond donors (Lipinski definition) is 2. The predicted octanol–water partition coefficient (Wildman–Crippen LogP) is 3.67. The van der Waals surface area contributed by atoms with Crippen LogP contribution in [0.15, 0.2) is 72.8 Å². The Balaban J connectivity index is 1.75. The standard InChI is InChI=1S/C20H18N2O/c21-18-9-3-15(4-10-18)13-14-1-5-16(6-2-14)20(23)17-7-11-19(22)12-8-17/h1-12H,13,21-22H2. The van der Waals surface area contributed by atoms with Crippen molar-refractivity contribution in [3.63, 3.8) is 0 Å². The molecule has 0 fully saturated rings. The maximum Gasteiger partial charge on any atom is 0.193 e. The van der Waals surface area contributed by atoms with Crippen molar-refractivity contribution in [3.05, 3.63) is 95.1 Å². The van der Waals surface area contributed by atoms with Crippen LogP contribution in [0.25, 0.3) is 0 Å². The fourth-order valence-corrected chi connectivity index (χ4v) is 2.45. The Morgan fingerprint density at radius 1 is 0.609 bits per heavy atom. The Labute approximate surface area is 135 Å².